The molecule has 1 amide bonds. The van der Waals surface area contributed by atoms with Gasteiger partial charge in [0.2, 0.25) is 11.7 Å². The summed E-state index contributed by atoms with van der Waals surface area (Å²) in [4.78, 5) is 39.0. The molecule has 0 atom stereocenters. The predicted octanol–water partition coefficient (Wildman–Crippen LogP) is 4.13. The highest BCUT2D eigenvalue weighted by molar-refractivity contribution is 6.30. The number of amides is 1. The first-order valence-electron chi connectivity index (χ1n) is 10.7. The van der Waals surface area contributed by atoms with E-state index in [1.54, 1.807) is 24.3 Å². The van der Waals surface area contributed by atoms with E-state index in [0.717, 1.165) is 15.6 Å². The van der Waals surface area contributed by atoms with Crippen LogP contribution in [0.4, 0.5) is 14.5 Å². The average molecular weight is 532 g/mol. The van der Waals surface area contributed by atoms with Crippen molar-refractivity contribution in [2.45, 2.75) is 19.4 Å². The molecule has 1 aliphatic heterocycles. The lowest BCUT2D eigenvalue weighted by atomic mass is 10.1. The molecule has 0 bridgehead atoms. The van der Waals surface area contributed by atoms with Crippen LogP contribution in [0.3, 0.4) is 0 Å². The van der Waals surface area contributed by atoms with Gasteiger partial charge in [-0.15, -0.1) is 8.78 Å². The van der Waals surface area contributed by atoms with Crippen LogP contribution in [0.2, 0.25) is 5.02 Å². The summed E-state index contributed by atoms with van der Waals surface area (Å²) in [6.45, 7) is -1.07. The third kappa shape index (κ3) is 4.52. The number of rotatable bonds is 5. The van der Waals surface area contributed by atoms with Crippen LogP contribution < -0.4 is 15.2 Å². The highest BCUT2D eigenvalue weighted by Crippen LogP contribution is 2.38. The van der Waals surface area contributed by atoms with Crippen molar-refractivity contribution in [1.82, 2.24) is 9.78 Å². The maximum atomic E-state index is 13.5. The molecule has 0 aliphatic carbocycles. The summed E-state index contributed by atoms with van der Waals surface area (Å²) in [6, 6.07) is 11.8. The Morgan fingerprint density at radius 2 is 1.97 bits per heavy atom. The van der Waals surface area contributed by atoms with Gasteiger partial charge >= 0.3 is 12.3 Å². The second-order valence-electron chi connectivity index (χ2n) is 8.04. The Hall–Kier alpha value is -4.29. The standard InChI is InChI=1S/C24H16ClF2N3O7/c1-29(16-6-3-7-17-15(16)11-35-24(26,27)37-17)19(31)10-30-22(32)14-9-18(23(33)34)36-21(14)20(28-30)12-4-2-5-13(25)8-12/h2-9H,10-11H2,1H3,(H,33,34). The molecule has 1 N–H and O–H groups in total. The van der Waals surface area contributed by atoms with Crippen molar-refractivity contribution >= 4 is 40.1 Å². The van der Waals surface area contributed by atoms with Crippen LogP contribution in [-0.2, 0) is 22.7 Å². The van der Waals surface area contributed by atoms with Gasteiger partial charge in [0.05, 0.1) is 17.7 Å². The van der Waals surface area contributed by atoms with E-state index in [0.29, 0.717) is 10.6 Å². The summed E-state index contributed by atoms with van der Waals surface area (Å²) in [5.41, 5.74) is 0.139. The summed E-state index contributed by atoms with van der Waals surface area (Å²) in [5, 5.41) is 13.9. The fraction of sp³-hybridized carbons (Fsp3) is 0.167. The van der Waals surface area contributed by atoms with Crippen molar-refractivity contribution in [2.24, 2.45) is 0 Å². The molecule has 0 fully saturated rings. The van der Waals surface area contributed by atoms with Crippen molar-refractivity contribution in [3.63, 3.8) is 0 Å². The molecule has 0 spiro atoms. The maximum absolute atomic E-state index is 13.5. The molecule has 4 aromatic rings. The van der Waals surface area contributed by atoms with E-state index < -0.39 is 42.6 Å². The molecule has 0 saturated heterocycles. The average Bonchev–Trinajstić information content (AvgIpc) is 3.30. The van der Waals surface area contributed by atoms with E-state index in [1.807, 2.05) is 0 Å². The van der Waals surface area contributed by atoms with Crippen molar-refractivity contribution in [3.8, 4) is 17.0 Å². The van der Waals surface area contributed by atoms with Crippen molar-refractivity contribution in [3.05, 3.63) is 75.2 Å². The fourth-order valence-electron chi connectivity index (χ4n) is 3.90. The summed E-state index contributed by atoms with van der Waals surface area (Å²) in [5.74, 6) is -2.64. The number of carboxylic acid groups (broad SMARTS) is 1. The van der Waals surface area contributed by atoms with E-state index in [-0.39, 0.29) is 33.7 Å². The zero-order valence-electron chi connectivity index (χ0n) is 18.9. The number of fused-ring (bicyclic) bond motifs is 2. The van der Waals surface area contributed by atoms with Crippen molar-refractivity contribution < 1.29 is 37.4 Å². The third-order valence-corrected chi connectivity index (χ3v) is 5.92. The van der Waals surface area contributed by atoms with E-state index in [9.17, 15) is 28.3 Å². The van der Waals surface area contributed by atoms with Gasteiger partial charge < -0.3 is 19.2 Å². The van der Waals surface area contributed by atoms with Crippen LogP contribution in [0.15, 0.2) is 57.7 Å². The molecule has 5 rings (SSSR count). The van der Waals surface area contributed by atoms with E-state index in [4.69, 9.17) is 16.0 Å². The number of likely N-dealkylation sites (N-methyl/N-ethyl adjacent to an activating group) is 1. The number of aromatic nitrogens is 2. The number of aromatic carboxylic acids is 1. The van der Waals surface area contributed by atoms with Crippen LogP contribution in [-0.4, -0.2) is 40.1 Å². The molecule has 10 nitrogen and oxygen atoms in total. The number of furan rings is 1. The minimum atomic E-state index is -3.79. The Morgan fingerprint density at radius 1 is 1.22 bits per heavy atom. The fourth-order valence-corrected chi connectivity index (χ4v) is 4.10. The minimum absolute atomic E-state index is 0.0749. The first-order chi connectivity index (χ1) is 17.5. The number of halogens is 3. The van der Waals surface area contributed by atoms with Gasteiger partial charge in [-0.2, -0.15) is 5.10 Å². The number of nitrogens with zero attached hydrogens (tertiary/aromatic N) is 3. The molecule has 0 saturated carbocycles. The molecule has 37 heavy (non-hydrogen) atoms. The minimum Gasteiger partial charge on any atom is -0.475 e. The van der Waals surface area contributed by atoms with Gasteiger partial charge in [-0.3, -0.25) is 14.3 Å². The Morgan fingerprint density at radius 3 is 2.70 bits per heavy atom. The topological polar surface area (TPSA) is 124 Å². The molecule has 2 aromatic heterocycles. The first kappa shape index (κ1) is 24.4. The maximum Gasteiger partial charge on any atom is 0.535 e. The number of hydrogen-bond donors (Lipinski definition) is 1. The number of carbonyl (C=O) groups is 2. The van der Waals surface area contributed by atoms with Gasteiger partial charge in [-0.1, -0.05) is 29.8 Å². The molecule has 2 aromatic carbocycles. The number of ether oxygens (including phenoxy) is 2. The molecule has 1 aliphatic rings. The van der Waals surface area contributed by atoms with E-state index in [2.05, 4.69) is 14.6 Å². The molecular weight excluding hydrogens is 516 g/mol. The Bertz CT molecular complexity index is 1630. The monoisotopic (exact) mass is 531 g/mol. The SMILES string of the molecule is CN(C(=O)Cn1nc(-c2cccc(Cl)c2)c2oc(C(=O)O)cc2c1=O)c1cccc2c1COC(F)(F)O2. The number of anilines is 1. The Balaban J connectivity index is 1.55. The number of carboxylic acids is 1. The zero-order chi connectivity index (χ0) is 26.5. The van der Waals surface area contributed by atoms with Gasteiger partial charge in [-0.25, -0.2) is 9.48 Å². The molecule has 3 heterocycles. The van der Waals surface area contributed by atoms with Crippen LogP contribution in [0.25, 0.3) is 22.2 Å². The number of hydrogen-bond acceptors (Lipinski definition) is 7. The van der Waals surface area contributed by atoms with Crippen LogP contribution in [0, 0.1) is 0 Å². The second-order valence-corrected chi connectivity index (χ2v) is 8.48. The lowest BCUT2D eigenvalue weighted by Gasteiger charge is -2.28. The lowest BCUT2D eigenvalue weighted by Crippen LogP contribution is -2.37. The van der Waals surface area contributed by atoms with Gasteiger partial charge in [0.25, 0.3) is 5.56 Å². The molecule has 0 radical (unpaired) electrons. The number of alkyl halides is 2. The van der Waals surface area contributed by atoms with Gasteiger partial charge in [0, 0.05) is 29.3 Å². The summed E-state index contributed by atoms with van der Waals surface area (Å²) >= 11 is 6.09. The van der Waals surface area contributed by atoms with Crippen molar-refractivity contribution in [1.29, 1.82) is 0 Å². The lowest BCUT2D eigenvalue weighted by molar-refractivity contribution is -0.367. The summed E-state index contributed by atoms with van der Waals surface area (Å²) in [6.07, 6.45) is -3.79. The second kappa shape index (κ2) is 8.98. The van der Waals surface area contributed by atoms with Crippen LogP contribution in [0.5, 0.6) is 5.75 Å². The number of benzene rings is 2. The largest absolute Gasteiger partial charge is 0.535 e. The highest BCUT2D eigenvalue weighted by Gasteiger charge is 2.39. The zero-order valence-corrected chi connectivity index (χ0v) is 19.7. The molecule has 0 unspecified atom stereocenters. The molecule has 190 valence electrons. The van der Waals surface area contributed by atoms with E-state index >= 15 is 0 Å². The first-order valence-corrected chi connectivity index (χ1v) is 11.0. The normalized spacial score (nSPS) is 14.2. The van der Waals surface area contributed by atoms with Crippen LogP contribution >= 0.6 is 11.6 Å². The van der Waals surface area contributed by atoms with Gasteiger partial charge in [-0.05, 0) is 24.3 Å². The Kier molecular flexibility index (Phi) is 5.92. The van der Waals surface area contributed by atoms with Crippen molar-refractivity contribution in [2.75, 3.05) is 11.9 Å². The van der Waals surface area contributed by atoms with Gasteiger partial charge in [0.1, 0.15) is 18.0 Å². The third-order valence-electron chi connectivity index (χ3n) is 5.68. The number of carbonyl (C=O) groups excluding carboxylic acids is 1. The van der Waals surface area contributed by atoms with E-state index in [1.165, 1.54) is 25.2 Å². The molecular formula is C24H16ClF2N3O7. The summed E-state index contributed by atoms with van der Waals surface area (Å²) < 4.78 is 42.1. The van der Waals surface area contributed by atoms with Gasteiger partial charge in [0.15, 0.2) is 5.58 Å². The molecule has 13 heteroatoms. The van der Waals surface area contributed by atoms with Crippen LogP contribution in [0.1, 0.15) is 16.1 Å². The highest BCUT2D eigenvalue weighted by atomic mass is 35.5. The quantitative estimate of drug-likeness (QED) is 0.408. The smallest absolute Gasteiger partial charge is 0.475 e. The summed E-state index contributed by atoms with van der Waals surface area (Å²) in [7, 11) is 1.40. The Labute approximate surface area is 211 Å². The predicted molar refractivity (Wildman–Crippen MR) is 126 cm³/mol.